The van der Waals surface area contributed by atoms with Gasteiger partial charge in [0, 0.05) is 6.04 Å². The topological polar surface area (TPSA) is 84.8 Å². The smallest absolute Gasteiger partial charge is 0.233 e. The number of ether oxygens (including phenoxy) is 1. The molecule has 0 saturated heterocycles. The van der Waals surface area contributed by atoms with E-state index in [1.165, 1.54) is 0 Å². The van der Waals surface area contributed by atoms with Crippen LogP contribution in [0.4, 0.5) is 0 Å². The molecular formula is C15H16N4O. The van der Waals surface area contributed by atoms with Crippen LogP contribution in [0.2, 0.25) is 0 Å². The van der Waals surface area contributed by atoms with Crippen molar-refractivity contribution in [3.63, 3.8) is 0 Å². The predicted molar refractivity (Wildman–Crippen MR) is 75.1 cm³/mol. The van der Waals surface area contributed by atoms with E-state index in [0.29, 0.717) is 28.5 Å². The average molecular weight is 268 g/mol. The zero-order valence-electron chi connectivity index (χ0n) is 11.1. The van der Waals surface area contributed by atoms with Crippen molar-refractivity contribution >= 4 is 11.0 Å². The van der Waals surface area contributed by atoms with E-state index in [1.807, 2.05) is 6.07 Å². The molecule has 5 nitrogen and oxygen atoms in total. The quantitative estimate of drug-likeness (QED) is 0.902. The zero-order chi connectivity index (χ0) is 13.9. The molecule has 0 bridgehead atoms. The van der Waals surface area contributed by atoms with Crippen molar-refractivity contribution in [1.82, 2.24) is 9.97 Å². The standard InChI is InChI=1S/C15H16N4O/c16-8-10-2-1-3-13-15(10)18-9-14(19-13)20-12-6-4-11(17)5-7-12/h1-3,9,11-12H,4-7,17H2. The summed E-state index contributed by atoms with van der Waals surface area (Å²) in [4.78, 5) is 8.73. The fourth-order valence-corrected chi connectivity index (χ4v) is 2.55. The second-order valence-corrected chi connectivity index (χ2v) is 5.15. The highest BCUT2D eigenvalue weighted by Gasteiger charge is 2.20. The molecule has 1 aliphatic rings. The van der Waals surface area contributed by atoms with Crippen LogP contribution in [0.5, 0.6) is 5.88 Å². The molecule has 1 saturated carbocycles. The van der Waals surface area contributed by atoms with Crippen LogP contribution in [0.3, 0.4) is 0 Å². The molecule has 102 valence electrons. The molecule has 3 rings (SSSR count). The second kappa shape index (κ2) is 5.43. The van der Waals surface area contributed by atoms with Gasteiger partial charge in [-0.05, 0) is 37.8 Å². The molecule has 0 radical (unpaired) electrons. The van der Waals surface area contributed by atoms with Gasteiger partial charge in [-0.2, -0.15) is 5.26 Å². The highest BCUT2D eigenvalue weighted by molar-refractivity contribution is 5.80. The van der Waals surface area contributed by atoms with Gasteiger partial charge < -0.3 is 10.5 Å². The molecule has 2 aromatic rings. The summed E-state index contributed by atoms with van der Waals surface area (Å²) in [6.45, 7) is 0. The SMILES string of the molecule is N#Cc1cccc2nc(OC3CCC(N)CC3)cnc12. The van der Waals surface area contributed by atoms with E-state index in [0.717, 1.165) is 25.7 Å². The average Bonchev–Trinajstić information content (AvgIpc) is 2.49. The predicted octanol–water partition coefficient (Wildman–Crippen LogP) is 2.15. The zero-order valence-corrected chi connectivity index (χ0v) is 11.1. The van der Waals surface area contributed by atoms with Crippen molar-refractivity contribution < 1.29 is 4.74 Å². The number of nitrogens with zero attached hydrogens (tertiary/aromatic N) is 3. The minimum absolute atomic E-state index is 0.167. The molecule has 1 aliphatic carbocycles. The van der Waals surface area contributed by atoms with Gasteiger partial charge in [-0.3, -0.25) is 0 Å². The number of para-hydroxylation sites is 1. The van der Waals surface area contributed by atoms with Gasteiger partial charge in [-0.1, -0.05) is 6.07 Å². The van der Waals surface area contributed by atoms with E-state index in [4.69, 9.17) is 15.7 Å². The number of aromatic nitrogens is 2. The van der Waals surface area contributed by atoms with Crippen molar-refractivity contribution in [3.8, 4) is 11.9 Å². The van der Waals surface area contributed by atoms with Crippen LogP contribution in [0, 0.1) is 11.3 Å². The monoisotopic (exact) mass is 268 g/mol. The minimum atomic E-state index is 0.167. The summed E-state index contributed by atoms with van der Waals surface area (Å²) in [6, 6.07) is 7.80. The van der Waals surface area contributed by atoms with E-state index in [9.17, 15) is 0 Å². The third-order valence-electron chi connectivity index (χ3n) is 3.68. The van der Waals surface area contributed by atoms with Gasteiger partial charge in [0.1, 0.15) is 17.7 Å². The summed E-state index contributed by atoms with van der Waals surface area (Å²) in [5.41, 5.74) is 7.72. The van der Waals surface area contributed by atoms with E-state index in [1.54, 1.807) is 18.3 Å². The van der Waals surface area contributed by atoms with Crippen LogP contribution >= 0.6 is 0 Å². The Bertz CT molecular complexity index is 656. The van der Waals surface area contributed by atoms with Gasteiger partial charge in [-0.15, -0.1) is 0 Å². The Kier molecular flexibility index (Phi) is 3.48. The second-order valence-electron chi connectivity index (χ2n) is 5.15. The van der Waals surface area contributed by atoms with E-state index in [-0.39, 0.29) is 6.10 Å². The summed E-state index contributed by atoms with van der Waals surface area (Å²) < 4.78 is 5.87. The van der Waals surface area contributed by atoms with Crippen LogP contribution in [0.1, 0.15) is 31.2 Å². The fraction of sp³-hybridized carbons (Fsp3) is 0.400. The van der Waals surface area contributed by atoms with E-state index >= 15 is 0 Å². The Labute approximate surface area is 117 Å². The molecule has 0 atom stereocenters. The molecule has 0 spiro atoms. The molecule has 0 amide bonds. The van der Waals surface area contributed by atoms with Gasteiger partial charge in [-0.25, -0.2) is 9.97 Å². The lowest BCUT2D eigenvalue weighted by atomic mass is 9.94. The molecule has 1 heterocycles. The summed E-state index contributed by atoms with van der Waals surface area (Å²) >= 11 is 0. The minimum Gasteiger partial charge on any atom is -0.473 e. The van der Waals surface area contributed by atoms with Crippen LogP contribution in [-0.4, -0.2) is 22.1 Å². The van der Waals surface area contributed by atoms with E-state index in [2.05, 4.69) is 16.0 Å². The molecule has 1 fully saturated rings. The molecular weight excluding hydrogens is 252 g/mol. The molecule has 1 aromatic carbocycles. The third kappa shape index (κ3) is 2.56. The Hall–Kier alpha value is -2.19. The lowest BCUT2D eigenvalue weighted by molar-refractivity contribution is 0.141. The van der Waals surface area contributed by atoms with Crippen molar-refractivity contribution in [1.29, 1.82) is 5.26 Å². The largest absolute Gasteiger partial charge is 0.473 e. The van der Waals surface area contributed by atoms with Crippen molar-refractivity contribution in [2.45, 2.75) is 37.8 Å². The fourth-order valence-electron chi connectivity index (χ4n) is 2.55. The van der Waals surface area contributed by atoms with Crippen molar-refractivity contribution in [3.05, 3.63) is 30.0 Å². The van der Waals surface area contributed by atoms with Crippen LogP contribution in [0.15, 0.2) is 24.4 Å². The number of rotatable bonds is 2. The van der Waals surface area contributed by atoms with Crippen molar-refractivity contribution in [2.24, 2.45) is 5.73 Å². The number of hydrogen-bond acceptors (Lipinski definition) is 5. The molecule has 2 N–H and O–H groups in total. The maximum atomic E-state index is 9.03. The Morgan fingerprint density at radius 1 is 1.25 bits per heavy atom. The van der Waals surface area contributed by atoms with Crippen molar-refractivity contribution in [2.75, 3.05) is 0 Å². The lowest BCUT2D eigenvalue weighted by Crippen LogP contribution is -2.31. The number of fused-ring (bicyclic) bond motifs is 1. The normalized spacial score (nSPS) is 22.4. The Morgan fingerprint density at radius 2 is 2.05 bits per heavy atom. The van der Waals surface area contributed by atoms with Gasteiger partial charge in [0.2, 0.25) is 5.88 Å². The van der Waals surface area contributed by atoms with Crippen LogP contribution in [0.25, 0.3) is 11.0 Å². The number of hydrogen-bond donors (Lipinski definition) is 1. The van der Waals surface area contributed by atoms with Crippen LogP contribution < -0.4 is 10.5 Å². The molecule has 0 aliphatic heterocycles. The highest BCUT2D eigenvalue weighted by atomic mass is 16.5. The van der Waals surface area contributed by atoms with Gasteiger partial charge in [0.05, 0.1) is 17.3 Å². The lowest BCUT2D eigenvalue weighted by Gasteiger charge is -2.26. The first-order valence-electron chi connectivity index (χ1n) is 6.84. The number of nitriles is 1. The number of benzene rings is 1. The third-order valence-corrected chi connectivity index (χ3v) is 3.68. The molecule has 5 heteroatoms. The Balaban J connectivity index is 1.81. The molecule has 1 aromatic heterocycles. The number of nitrogens with two attached hydrogens (primary N) is 1. The van der Waals surface area contributed by atoms with Gasteiger partial charge in [0.15, 0.2) is 0 Å². The van der Waals surface area contributed by atoms with E-state index < -0.39 is 0 Å². The summed E-state index contributed by atoms with van der Waals surface area (Å²) in [5, 5.41) is 9.03. The first-order chi connectivity index (χ1) is 9.76. The molecule has 20 heavy (non-hydrogen) atoms. The highest BCUT2D eigenvalue weighted by Crippen LogP contribution is 2.23. The molecule has 0 unspecified atom stereocenters. The maximum Gasteiger partial charge on any atom is 0.233 e. The first kappa shape index (κ1) is 12.8. The Morgan fingerprint density at radius 3 is 2.80 bits per heavy atom. The summed E-state index contributed by atoms with van der Waals surface area (Å²) in [5.74, 6) is 0.521. The maximum absolute atomic E-state index is 9.03. The van der Waals surface area contributed by atoms with Gasteiger partial charge >= 0.3 is 0 Å². The summed E-state index contributed by atoms with van der Waals surface area (Å²) in [7, 11) is 0. The first-order valence-corrected chi connectivity index (χ1v) is 6.84. The summed E-state index contributed by atoms with van der Waals surface area (Å²) in [6.07, 6.45) is 5.66. The van der Waals surface area contributed by atoms with Gasteiger partial charge in [0.25, 0.3) is 0 Å². The van der Waals surface area contributed by atoms with Crippen LogP contribution in [-0.2, 0) is 0 Å².